The molecule has 1 aromatic heterocycles. The molecule has 0 unspecified atom stereocenters. The first-order chi connectivity index (χ1) is 16.6. The molecule has 0 radical (unpaired) electrons. The highest BCUT2D eigenvalue weighted by atomic mass is 32.2. The van der Waals surface area contributed by atoms with Gasteiger partial charge in [0.2, 0.25) is 0 Å². The number of nitrogens with zero attached hydrogens (tertiary/aromatic N) is 3. The number of benzene rings is 2. The number of amides is 2. The molecule has 1 aliphatic rings. The molecule has 0 aliphatic carbocycles. The largest absolute Gasteiger partial charge is 0.392 e. The summed E-state index contributed by atoms with van der Waals surface area (Å²) < 4.78 is 14.6. The minimum atomic E-state index is -0.556. The molecule has 10 heteroatoms. The Morgan fingerprint density at radius 3 is 2.53 bits per heavy atom. The van der Waals surface area contributed by atoms with Gasteiger partial charge >= 0.3 is 6.03 Å². The van der Waals surface area contributed by atoms with E-state index in [1.807, 2.05) is 67.1 Å². The van der Waals surface area contributed by atoms with Crippen LogP contribution in [-0.4, -0.2) is 44.3 Å². The van der Waals surface area contributed by atoms with E-state index in [9.17, 15) is 9.90 Å². The monoisotopic (exact) mass is 483 g/mol. The van der Waals surface area contributed by atoms with Crippen LogP contribution in [0.25, 0.3) is 0 Å². The normalized spacial score (nSPS) is 20.1. The van der Waals surface area contributed by atoms with Crippen molar-refractivity contribution >= 4 is 23.5 Å². The fourth-order valence-electron chi connectivity index (χ4n) is 3.65. The van der Waals surface area contributed by atoms with Gasteiger partial charge in [0.05, 0.1) is 18.8 Å². The number of urea groups is 1. The molecule has 0 bridgehead atoms. The van der Waals surface area contributed by atoms with Crippen LogP contribution in [-0.2, 0) is 23.1 Å². The number of aliphatic hydroxyl groups excluding tert-OH is 1. The molecule has 2 amide bonds. The topological polar surface area (TPSA) is 111 Å². The number of aryl methyl sites for hydroxylation is 1. The molecule has 1 aliphatic heterocycles. The average molecular weight is 484 g/mol. The Balaban J connectivity index is 1.50. The highest BCUT2D eigenvalue weighted by Gasteiger charge is 2.32. The minimum absolute atomic E-state index is 0.00513. The molecule has 3 aromatic rings. The summed E-state index contributed by atoms with van der Waals surface area (Å²) in [5.41, 5.74) is 3.45. The lowest BCUT2D eigenvalue weighted by Crippen LogP contribution is -2.31. The van der Waals surface area contributed by atoms with Gasteiger partial charge in [0, 0.05) is 37.0 Å². The van der Waals surface area contributed by atoms with E-state index < -0.39 is 6.29 Å². The molecule has 34 heavy (non-hydrogen) atoms. The number of thioether (sulfide) groups is 1. The van der Waals surface area contributed by atoms with E-state index in [4.69, 9.17) is 9.47 Å². The molecule has 3 atom stereocenters. The Labute approximate surface area is 202 Å². The van der Waals surface area contributed by atoms with Crippen LogP contribution in [0, 0.1) is 0 Å². The Morgan fingerprint density at radius 1 is 1.15 bits per heavy atom. The predicted octanol–water partition coefficient (Wildman–Crippen LogP) is 3.79. The second kappa shape index (κ2) is 11.5. The summed E-state index contributed by atoms with van der Waals surface area (Å²) in [7, 11) is 1.91. The molecule has 1 saturated heterocycles. The first-order valence-electron chi connectivity index (χ1n) is 11.2. The van der Waals surface area contributed by atoms with E-state index in [0.29, 0.717) is 24.4 Å². The number of carbonyl (C=O) groups excluding carboxylic acids is 1. The third-order valence-electron chi connectivity index (χ3n) is 5.46. The lowest BCUT2D eigenvalue weighted by Gasteiger charge is -2.36. The lowest BCUT2D eigenvalue weighted by molar-refractivity contribution is -0.245. The summed E-state index contributed by atoms with van der Waals surface area (Å²) >= 11 is 1.60. The zero-order valence-corrected chi connectivity index (χ0v) is 20.0. The van der Waals surface area contributed by atoms with Crippen molar-refractivity contribution in [3.63, 3.8) is 0 Å². The third kappa shape index (κ3) is 6.15. The lowest BCUT2D eigenvalue weighted by atomic mass is 10.0. The summed E-state index contributed by atoms with van der Waals surface area (Å²) in [6, 6.07) is 15.0. The highest BCUT2D eigenvalue weighted by molar-refractivity contribution is 7.99. The highest BCUT2D eigenvalue weighted by Crippen LogP contribution is 2.39. The van der Waals surface area contributed by atoms with Gasteiger partial charge in [-0.15, -0.1) is 10.2 Å². The van der Waals surface area contributed by atoms with Gasteiger partial charge in [-0.1, -0.05) is 48.2 Å². The summed E-state index contributed by atoms with van der Waals surface area (Å²) in [4.78, 5) is 11.8. The van der Waals surface area contributed by atoms with E-state index in [1.54, 1.807) is 18.1 Å². The molecule has 0 saturated carbocycles. The van der Waals surface area contributed by atoms with Gasteiger partial charge in [0.15, 0.2) is 11.4 Å². The Bertz CT molecular complexity index is 1070. The SMILES string of the molecule is CCNC(=O)Nc1ccc([C@H]2O[C@@H](CSc3nncn3C)C[C@@H](c3ccc(CO)cc3)O2)cc1. The summed E-state index contributed by atoms with van der Waals surface area (Å²) in [6.07, 6.45) is 1.58. The summed E-state index contributed by atoms with van der Waals surface area (Å²) in [5, 5.41) is 23.8. The van der Waals surface area contributed by atoms with Crippen molar-refractivity contribution in [2.45, 2.75) is 43.6 Å². The zero-order valence-electron chi connectivity index (χ0n) is 19.2. The van der Waals surface area contributed by atoms with Crippen molar-refractivity contribution in [1.29, 1.82) is 0 Å². The molecule has 9 nitrogen and oxygen atoms in total. The van der Waals surface area contributed by atoms with Crippen molar-refractivity contribution in [1.82, 2.24) is 20.1 Å². The number of carbonyl (C=O) groups is 1. The number of aliphatic hydroxyl groups is 1. The van der Waals surface area contributed by atoms with Gasteiger partial charge in [-0.3, -0.25) is 0 Å². The number of aromatic nitrogens is 3. The quantitative estimate of drug-likeness (QED) is 0.418. The minimum Gasteiger partial charge on any atom is -0.392 e. The molecule has 0 spiro atoms. The van der Waals surface area contributed by atoms with Gasteiger partial charge < -0.3 is 29.8 Å². The molecule has 4 rings (SSSR count). The molecule has 3 N–H and O–H groups in total. The Morgan fingerprint density at radius 2 is 1.88 bits per heavy atom. The molecule has 2 heterocycles. The molecule has 180 valence electrons. The van der Waals surface area contributed by atoms with Crippen LogP contribution in [0.5, 0.6) is 0 Å². The van der Waals surface area contributed by atoms with Crippen LogP contribution in [0.2, 0.25) is 0 Å². The number of hydrogen-bond acceptors (Lipinski definition) is 7. The van der Waals surface area contributed by atoms with E-state index in [1.165, 1.54) is 0 Å². The van der Waals surface area contributed by atoms with Gasteiger partial charge in [0.25, 0.3) is 0 Å². The van der Waals surface area contributed by atoms with Crippen molar-refractivity contribution in [2.75, 3.05) is 17.6 Å². The maximum atomic E-state index is 11.8. The maximum Gasteiger partial charge on any atom is 0.319 e. The van der Waals surface area contributed by atoms with E-state index in [2.05, 4.69) is 20.8 Å². The number of hydrogen-bond donors (Lipinski definition) is 3. The first-order valence-corrected chi connectivity index (χ1v) is 12.2. The third-order valence-corrected chi connectivity index (χ3v) is 6.63. The number of ether oxygens (including phenoxy) is 2. The van der Waals surface area contributed by atoms with Crippen LogP contribution >= 0.6 is 11.8 Å². The van der Waals surface area contributed by atoms with Gasteiger partial charge in [-0.25, -0.2) is 4.79 Å². The van der Waals surface area contributed by atoms with E-state index in [-0.39, 0.29) is 24.8 Å². The predicted molar refractivity (Wildman–Crippen MR) is 129 cm³/mol. The molecular formula is C24H29N5O4S. The average Bonchev–Trinajstić information content (AvgIpc) is 3.28. The van der Waals surface area contributed by atoms with Crippen LogP contribution in [0.1, 0.15) is 42.4 Å². The zero-order chi connectivity index (χ0) is 23.9. The molecule has 2 aromatic carbocycles. The van der Waals surface area contributed by atoms with Gasteiger partial charge in [-0.2, -0.15) is 0 Å². The fourth-order valence-corrected chi connectivity index (χ4v) is 4.56. The Kier molecular flexibility index (Phi) is 8.17. The van der Waals surface area contributed by atoms with Crippen molar-refractivity contribution in [3.05, 3.63) is 71.5 Å². The summed E-state index contributed by atoms with van der Waals surface area (Å²) in [5.74, 6) is 0.703. The smallest absolute Gasteiger partial charge is 0.319 e. The fraction of sp³-hybridized carbons (Fsp3) is 0.375. The first kappa shape index (κ1) is 24.2. The number of rotatable bonds is 8. The standard InChI is InChI=1S/C24H29N5O4S/c1-3-25-23(31)27-19-10-8-18(9-11-19)22-32-20(14-34-24-28-26-15-29(24)2)12-21(33-22)17-6-4-16(13-30)5-7-17/h4-11,15,20-22,30H,3,12-14H2,1-2H3,(H2,25,27,31)/t20-,21+,22+/m1/s1. The number of anilines is 1. The summed E-state index contributed by atoms with van der Waals surface area (Å²) in [6.45, 7) is 2.43. The molecule has 1 fully saturated rings. The van der Waals surface area contributed by atoms with Crippen molar-refractivity contribution < 1.29 is 19.4 Å². The molecular weight excluding hydrogens is 454 g/mol. The second-order valence-corrected chi connectivity index (χ2v) is 8.98. The van der Waals surface area contributed by atoms with Crippen LogP contribution in [0.15, 0.2) is 60.0 Å². The second-order valence-electron chi connectivity index (χ2n) is 7.99. The van der Waals surface area contributed by atoms with Crippen LogP contribution < -0.4 is 10.6 Å². The van der Waals surface area contributed by atoms with Crippen molar-refractivity contribution in [3.8, 4) is 0 Å². The Hall–Kier alpha value is -2.92. The van der Waals surface area contributed by atoms with Crippen LogP contribution in [0.3, 0.4) is 0 Å². The van der Waals surface area contributed by atoms with Crippen LogP contribution in [0.4, 0.5) is 10.5 Å². The van der Waals surface area contributed by atoms with E-state index >= 15 is 0 Å². The maximum absolute atomic E-state index is 11.8. The van der Waals surface area contributed by atoms with Crippen molar-refractivity contribution in [2.24, 2.45) is 7.05 Å². The van der Waals surface area contributed by atoms with E-state index in [0.717, 1.165) is 21.8 Å². The number of nitrogens with one attached hydrogen (secondary N) is 2. The van der Waals surface area contributed by atoms with Gasteiger partial charge in [-0.05, 0) is 30.2 Å². The van der Waals surface area contributed by atoms with Gasteiger partial charge in [0.1, 0.15) is 6.33 Å².